The smallest absolute Gasteiger partial charge is 0.523 e. The van der Waals surface area contributed by atoms with E-state index in [1.165, 1.54) is 7.11 Å². The van der Waals surface area contributed by atoms with Gasteiger partial charge in [0.2, 0.25) is 0 Å². The highest BCUT2D eigenvalue weighted by atomic mass is 32.2. The van der Waals surface area contributed by atoms with Crippen LogP contribution in [-0.2, 0) is 25.4 Å². The Morgan fingerprint density at radius 1 is 1.62 bits per heavy atom. The van der Waals surface area contributed by atoms with E-state index in [0.717, 1.165) is 0 Å². The first-order chi connectivity index (χ1) is 7.39. The second-order valence-corrected chi connectivity index (χ2v) is 6.12. The van der Waals surface area contributed by atoms with Gasteiger partial charge < -0.3 is 14.0 Å². The molecule has 0 radical (unpaired) electrons. The molecule has 16 heavy (non-hydrogen) atoms. The first-order valence-corrected chi connectivity index (χ1v) is 6.38. The maximum Gasteiger partial charge on any atom is 0.523 e. The van der Waals surface area contributed by atoms with Crippen LogP contribution < -0.4 is 0 Å². The summed E-state index contributed by atoms with van der Waals surface area (Å²) in [7, 11) is 1.19. The number of hydrogen-bond donors (Lipinski definition) is 0. The molecule has 0 amide bonds. The average Bonchev–Trinajstić information content (AvgIpc) is 2.59. The van der Waals surface area contributed by atoms with E-state index in [1.807, 2.05) is 13.8 Å². The number of esters is 1. The highest BCUT2D eigenvalue weighted by Gasteiger charge is 2.71. The second kappa shape index (κ2) is 3.63. The van der Waals surface area contributed by atoms with Crippen molar-refractivity contribution in [1.82, 2.24) is 0 Å². The predicted octanol–water partition coefficient (Wildman–Crippen LogP) is 0.699. The third-order valence-corrected chi connectivity index (χ3v) is 4.67. The van der Waals surface area contributed by atoms with E-state index >= 15 is 0 Å². The normalized spacial score (nSPS) is 36.2. The predicted molar refractivity (Wildman–Crippen MR) is 56.1 cm³/mol. The highest BCUT2D eigenvalue weighted by Crippen LogP contribution is 2.64. The molecule has 2 fully saturated rings. The van der Waals surface area contributed by atoms with E-state index in [4.69, 9.17) is 4.74 Å². The summed E-state index contributed by atoms with van der Waals surface area (Å²) >= 11 is -1.74. The van der Waals surface area contributed by atoms with Gasteiger partial charge in [-0.3, -0.25) is 4.79 Å². The molecule has 2 aliphatic rings. The zero-order valence-corrected chi connectivity index (χ0v) is 10.2. The molecule has 2 rings (SSSR count). The summed E-state index contributed by atoms with van der Waals surface area (Å²) in [5.41, 5.74) is -0.0830. The van der Waals surface area contributed by atoms with Crippen LogP contribution in [-0.4, -0.2) is 34.8 Å². The van der Waals surface area contributed by atoms with Gasteiger partial charge in [-0.05, 0) is 5.41 Å². The molecule has 0 aromatic heterocycles. The third-order valence-electron chi connectivity index (χ3n) is 3.50. The highest BCUT2D eigenvalue weighted by molar-refractivity contribution is 8.05. The van der Waals surface area contributed by atoms with E-state index in [0.29, 0.717) is 0 Å². The first-order valence-electron chi connectivity index (χ1n) is 5.06. The maximum absolute atomic E-state index is 11.5. The van der Waals surface area contributed by atoms with Crippen LogP contribution in [0.5, 0.6) is 0 Å². The van der Waals surface area contributed by atoms with Crippen molar-refractivity contribution in [3.05, 3.63) is 0 Å². The average molecular weight is 246 g/mol. The van der Waals surface area contributed by atoms with Gasteiger partial charge in [0, 0.05) is 5.92 Å². The fourth-order valence-electron chi connectivity index (χ4n) is 2.57. The lowest BCUT2D eigenvalue weighted by Gasteiger charge is -2.17. The molecule has 90 valence electrons. The number of methoxy groups -OCH3 is 1. The summed E-state index contributed by atoms with van der Waals surface area (Å²) < 4.78 is 20.9. The molecule has 1 heterocycles. The molecule has 5 nitrogen and oxygen atoms in total. The Bertz CT molecular complexity index is 340. The van der Waals surface area contributed by atoms with Crippen LogP contribution in [0, 0.1) is 17.3 Å². The van der Waals surface area contributed by atoms with Gasteiger partial charge in [0.1, 0.15) is 0 Å². The topological polar surface area (TPSA) is 75.7 Å². The number of rotatable bonds is 2. The van der Waals surface area contributed by atoms with Gasteiger partial charge in [-0.1, -0.05) is 13.8 Å². The molecule has 4 unspecified atom stereocenters. The Morgan fingerprint density at radius 3 is 2.69 bits per heavy atom. The Hall–Kier alpha value is -0.750. The number of hydrogen-bond acceptors (Lipinski definition) is 5. The summed E-state index contributed by atoms with van der Waals surface area (Å²) in [6, 6.07) is 0. The van der Waals surface area contributed by atoms with Gasteiger partial charge >= 0.3 is 11.3 Å². The van der Waals surface area contributed by atoms with Crippen LogP contribution in [0.1, 0.15) is 13.8 Å². The summed E-state index contributed by atoms with van der Waals surface area (Å²) in [6.45, 7) is 3.97. The molecule has 0 N–H and O–H groups in total. The van der Waals surface area contributed by atoms with E-state index in [2.05, 4.69) is 4.74 Å². The third kappa shape index (κ3) is 1.60. The van der Waals surface area contributed by atoms with Gasteiger partial charge in [-0.25, -0.2) is 0 Å². The van der Waals surface area contributed by atoms with E-state index in [9.17, 15) is 14.1 Å². The van der Waals surface area contributed by atoms with Crippen molar-refractivity contribution in [1.29, 1.82) is 0 Å². The largest absolute Gasteiger partial charge is 0.606 e. The zero-order chi connectivity index (χ0) is 12.1. The van der Waals surface area contributed by atoms with Crippen molar-refractivity contribution in [3.8, 4) is 0 Å². The number of ether oxygens (including phenoxy) is 2. The Balaban J connectivity index is 1.98. The molecular formula is C10H14O5S. The Labute approximate surface area is 96.7 Å². The Kier molecular flexibility index (Phi) is 2.66. The van der Waals surface area contributed by atoms with E-state index in [1.54, 1.807) is 0 Å². The van der Waals surface area contributed by atoms with Gasteiger partial charge in [0.05, 0.1) is 24.2 Å². The van der Waals surface area contributed by atoms with Gasteiger partial charge in [-0.15, -0.1) is 0 Å². The van der Waals surface area contributed by atoms with Crippen molar-refractivity contribution in [2.24, 2.45) is 17.3 Å². The number of cyclic esters (lactones) is 1. The molecule has 0 bridgehead atoms. The molecule has 0 spiro atoms. The van der Waals surface area contributed by atoms with Crippen LogP contribution in [0.25, 0.3) is 0 Å². The lowest BCUT2D eigenvalue weighted by Crippen LogP contribution is -2.31. The first kappa shape index (κ1) is 11.7. The number of carbonyl (C=O) groups excluding carboxylic acids is 2. The van der Waals surface area contributed by atoms with Crippen LogP contribution in [0.15, 0.2) is 0 Å². The molecular weight excluding hydrogens is 232 g/mol. The minimum atomic E-state index is -1.74. The zero-order valence-electron chi connectivity index (χ0n) is 9.39. The van der Waals surface area contributed by atoms with Crippen molar-refractivity contribution < 1.29 is 23.6 Å². The minimum absolute atomic E-state index is 0.0447. The van der Waals surface area contributed by atoms with Gasteiger partial charge in [-0.2, -0.15) is 4.79 Å². The summed E-state index contributed by atoms with van der Waals surface area (Å²) in [4.78, 5) is 22.4. The molecule has 0 aromatic rings. The molecule has 1 saturated heterocycles. The monoisotopic (exact) mass is 246 g/mol. The van der Waals surface area contributed by atoms with Crippen molar-refractivity contribution in [2.75, 3.05) is 12.9 Å². The van der Waals surface area contributed by atoms with Gasteiger partial charge in [0.15, 0.2) is 11.9 Å². The molecule has 1 saturated carbocycles. The van der Waals surface area contributed by atoms with Crippen molar-refractivity contribution in [3.63, 3.8) is 0 Å². The van der Waals surface area contributed by atoms with Crippen molar-refractivity contribution in [2.45, 2.75) is 20.0 Å². The second-order valence-electron chi connectivity index (χ2n) is 4.77. The molecule has 4 atom stereocenters. The molecule has 1 aliphatic heterocycles. The van der Waals surface area contributed by atoms with Crippen LogP contribution in [0.3, 0.4) is 0 Å². The quantitative estimate of drug-likeness (QED) is 0.529. The Morgan fingerprint density at radius 2 is 2.25 bits per heavy atom. The minimum Gasteiger partial charge on any atom is -0.606 e. The fourth-order valence-corrected chi connectivity index (χ4v) is 3.46. The molecule has 0 aromatic carbocycles. The van der Waals surface area contributed by atoms with Crippen LogP contribution >= 0.6 is 0 Å². The van der Waals surface area contributed by atoms with Crippen LogP contribution in [0.4, 0.5) is 4.79 Å². The van der Waals surface area contributed by atoms with E-state index in [-0.39, 0.29) is 29.0 Å². The SMILES string of the molecule is COC(=O)[S+]([O-])CC1OC(=O)C2C1C2(C)C. The summed E-state index contributed by atoms with van der Waals surface area (Å²) in [5, 5.41) is -0.766. The molecule has 1 aliphatic carbocycles. The summed E-state index contributed by atoms with van der Waals surface area (Å²) in [5.74, 6) is -0.189. The lowest BCUT2D eigenvalue weighted by molar-refractivity contribution is -0.146. The molecule has 6 heteroatoms. The summed E-state index contributed by atoms with van der Waals surface area (Å²) in [6.07, 6.45) is -0.410. The lowest BCUT2D eigenvalue weighted by atomic mass is 10.1. The standard InChI is InChI=1S/C10H14O5S/c1-10(2)6-5(15-8(11)7(6)10)4-16(13)9(12)14-3/h5-7H,4H2,1-3H3. The fraction of sp³-hybridized carbons (Fsp3) is 0.800. The number of carbonyl (C=O) groups is 2. The maximum atomic E-state index is 11.5. The number of fused-ring (bicyclic) bond motifs is 1. The van der Waals surface area contributed by atoms with Crippen LogP contribution in [0.2, 0.25) is 0 Å². The van der Waals surface area contributed by atoms with Crippen molar-refractivity contribution >= 4 is 22.4 Å². The van der Waals surface area contributed by atoms with E-state index < -0.39 is 22.6 Å². The van der Waals surface area contributed by atoms with Gasteiger partial charge in [0.25, 0.3) is 0 Å².